The highest BCUT2D eigenvalue weighted by Gasteiger charge is 2.24. The molecule has 2 aromatic rings. The standard InChI is InChI=1S/C22H29N3O/c1-15-8-9-16(2)18(12-15)13-25-11-10-20-19(14-25)22(26)24-21(23-20)17-6-4-3-5-7-17/h8-9,12,17H,3-7,10-11,13-14H2,1-2H3,(H,23,24,26). The minimum atomic E-state index is 0.0845. The average molecular weight is 351 g/mol. The second-order valence-electron chi connectivity index (χ2n) is 8.10. The molecule has 1 aliphatic carbocycles. The van der Waals surface area contributed by atoms with E-state index in [1.807, 2.05) is 0 Å². The van der Waals surface area contributed by atoms with Crippen LogP contribution in [0.4, 0.5) is 0 Å². The number of nitrogens with one attached hydrogen (secondary N) is 1. The predicted molar refractivity (Wildman–Crippen MR) is 104 cm³/mol. The van der Waals surface area contributed by atoms with E-state index in [4.69, 9.17) is 4.98 Å². The van der Waals surface area contributed by atoms with Gasteiger partial charge < -0.3 is 4.98 Å². The lowest BCUT2D eigenvalue weighted by Crippen LogP contribution is -2.36. The highest BCUT2D eigenvalue weighted by Crippen LogP contribution is 2.31. The minimum absolute atomic E-state index is 0.0845. The third-order valence-corrected chi connectivity index (χ3v) is 6.06. The lowest BCUT2D eigenvalue weighted by Gasteiger charge is -2.29. The largest absolute Gasteiger partial charge is 0.310 e. The maximum Gasteiger partial charge on any atom is 0.255 e. The van der Waals surface area contributed by atoms with Crippen molar-refractivity contribution in [1.29, 1.82) is 0 Å². The van der Waals surface area contributed by atoms with E-state index < -0.39 is 0 Å². The molecule has 0 radical (unpaired) electrons. The number of aromatic amines is 1. The number of hydrogen-bond acceptors (Lipinski definition) is 3. The van der Waals surface area contributed by atoms with Crippen LogP contribution in [0.3, 0.4) is 0 Å². The molecule has 2 aliphatic rings. The summed E-state index contributed by atoms with van der Waals surface area (Å²) in [6.07, 6.45) is 7.05. The molecule has 26 heavy (non-hydrogen) atoms. The Morgan fingerprint density at radius 3 is 2.81 bits per heavy atom. The van der Waals surface area contributed by atoms with E-state index in [9.17, 15) is 4.79 Å². The van der Waals surface area contributed by atoms with Crippen LogP contribution in [-0.2, 0) is 19.5 Å². The number of benzene rings is 1. The van der Waals surface area contributed by atoms with Gasteiger partial charge in [-0.1, -0.05) is 43.0 Å². The van der Waals surface area contributed by atoms with E-state index in [1.165, 1.54) is 48.8 Å². The first-order valence-electron chi connectivity index (χ1n) is 10.0. The Kier molecular flexibility index (Phi) is 4.94. The molecule has 1 aromatic heterocycles. The molecule has 4 heteroatoms. The molecule has 4 nitrogen and oxygen atoms in total. The van der Waals surface area contributed by atoms with Crippen LogP contribution in [0.25, 0.3) is 0 Å². The van der Waals surface area contributed by atoms with Gasteiger partial charge in [-0.2, -0.15) is 0 Å². The van der Waals surface area contributed by atoms with Crippen molar-refractivity contribution in [1.82, 2.24) is 14.9 Å². The number of fused-ring (bicyclic) bond motifs is 1. The Morgan fingerprint density at radius 1 is 1.19 bits per heavy atom. The maximum absolute atomic E-state index is 12.7. The summed E-state index contributed by atoms with van der Waals surface area (Å²) >= 11 is 0. The number of H-pyrrole nitrogens is 1. The fourth-order valence-electron chi connectivity index (χ4n) is 4.42. The van der Waals surface area contributed by atoms with Gasteiger partial charge in [-0.3, -0.25) is 9.69 Å². The number of rotatable bonds is 3. The van der Waals surface area contributed by atoms with Crippen molar-refractivity contribution in [2.45, 2.75) is 71.4 Å². The van der Waals surface area contributed by atoms with Crippen molar-refractivity contribution in [3.8, 4) is 0 Å². The van der Waals surface area contributed by atoms with Crippen LogP contribution >= 0.6 is 0 Å². The van der Waals surface area contributed by atoms with Gasteiger partial charge in [-0.05, 0) is 37.8 Å². The summed E-state index contributed by atoms with van der Waals surface area (Å²) in [5.41, 5.74) is 5.96. The van der Waals surface area contributed by atoms with Crippen LogP contribution in [0.15, 0.2) is 23.0 Å². The number of hydrogen-bond donors (Lipinski definition) is 1. The van der Waals surface area contributed by atoms with Crippen LogP contribution in [0, 0.1) is 13.8 Å². The summed E-state index contributed by atoms with van der Waals surface area (Å²) in [4.78, 5) is 23.1. The molecule has 0 spiro atoms. The smallest absolute Gasteiger partial charge is 0.255 e. The molecule has 1 saturated carbocycles. The lowest BCUT2D eigenvalue weighted by molar-refractivity contribution is 0.240. The van der Waals surface area contributed by atoms with E-state index in [2.05, 4.69) is 41.9 Å². The zero-order valence-electron chi connectivity index (χ0n) is 16.0. The van der Waals surface area contributed by atoms with Gasteiger partial charge in [0, 0.05) is 32.0 Å². The Bertz CT molecular complexity index is 849. The normalized spacial score (nSPS) is 18.7. The quantitative estimate of drug-likeness (QED) is 0.909. The number of aryl methyl sites for hydroxylation is 2. The molecule has 138 valence electrons. The first-order valence-corrected chi connectivity index (χ1v) is 10.0. The Balaban J connectivity index is 1.53. The van der Waals surface area contributed by atoms with Crippen molar-refractivity contribution >= 4 is 0 Å². The molecular formula is C22H29N3O. The summed E-state index contributed by atoms with van der Waals surface area (Å²) in [5, 5.41) is 0. The van der Waals surface area contributed by atoms with E-state index in [1.54, 1.807) is 0 Å². The summed E-state index contributed by atoms with van der Waals surface area (Å²) in [5.74, 6) is 1.39. The van der Waals surface area contributed by atoms with Gasteiger partial charge >= 0.3 is 0 Å². The third kappa shape index (κ3) is 3.61. The topological polar surface area (TPSA) is 49.0 Å². The second kappa shape index (κ2) is 7.36. The highest BCUT2D eigenvalue weighted by molar-refractivity contribution is 5.31. The van der Waals surface area contributed by atoms with Crippen LogP contribution in [0.1, 0.15) is 71.8 Å². The summed E-state index contributed by atoms with van der Waals surface area (Å²) in [6, 6.07) is 6.61. The van der Waals surface area contributed by atoms with Crippen molar-refractivity contribution in [3.05, 3.63) is 62.3 Å². The second-order valence-corrected chi connectivity index (χ2v) is 8.10. The van der Waals surface area contributed by atoms with Crippen LogP contribution in [-0.4, -0.2) is 21.4 Å². The third-order valence-electron chi connectivity index (χ3n) is 6.06. The fourth-order valence-corrected chi connectivity index (χ4v) is 4.42. The van der Waals surface area contributed by atoms with Gasteiger partial charge in [0.1, 0.15) is 5.82 Å². The van der Waals surface area contributed by atoms with Gasteiger partial charge in [-0.25, -0.2) is 4.98 Å². The lowest BCUT2D eigenvalue weighted by atomic mass is 9.88. The SMILES string of the molecule is Cc1ccc(C)c(CN2CCc3nc(C4CCCCC4)[nH]c(=O)c3C2)c1. The molecule has 2 heterocycles. The molecule has 1 N–H and O–H groups in total. The Morgan fingerprint density at radius 2 is 2.00 bits per heavy atom. The fraction of sp³-hybridized carbons (Fsp3) is 0.545. The van der Waals surface area contributed by atoms with Crippen molar-refractivity contribution in [2.24, 2.45) is 0 Å². The number of aromatic nitrogens is 2. The molecule has 4 rings (SSSR count). The molecule has 1 fully saturated rings. The van der Waals surface area contributed by atoms with E-state index in [0.717, 1.165) is 36.6 Å². The first kappa shape index (κ1) is 17.5. The van der Waals surface area contributed by atoms with E-state index in [0.29, 0.717) is 12.5 Å². The van der Waals surface area contributed by atoms with Crippen LogP contribution in [0.2, 0.25) is 0 Å². The molecule has 0 amide bonds. The van der Waals surface area contributed by atoms with Crippen molar-refractivity contribution in [3.63, 3.8) is 0 Å². The molecular weight excluding hydrogens is 322 g/mol. The molecule has 0 saturated heterocycles. The van der Waals surface area contributed by atoms with Gasteiger partial charge in [-0.15, -0.1) is 0 Å². The van der Waals surface area contributed by atoms with Crippen molar-refractivity contribution < 1.29 is 0 Å². The summed E-state index contributed by atoms with van der Waals surface area (Å²) in [6.45, 7) is 6.88. The van der Waals surface area contributed by atoms with Gasteiger partial charge in [0.05, 0.1) is 11.3 Å². The molecule has 0 atom stereocenters. The van der Waals surface area contributed by atoms with Gasteiger partial charge in [0.2, 0.25) is 0 Å². The predicted octanol–water partition coefficient (Wildman–Crippen LogP) is 3.99. The summed E-state index contributed by atoms with van der Waals surface area (Å²) < 4.78 is 0. The molecule has 0 bridgehead atoms. The van der Waals surface area contributed by atoms with Crippen LogP contribution < -0.4 is 5.56 Å². The van der Waals surface area contributed by atoms with Crippen molar-refractivity contribution in [2.75, 3.05) is 6.54 Å². The average Bonchev–Trinajstić information content (AvgIpc) is 2.66. The molecule has 0 unspecified atom stereocenters. The zero-order valence-corrected chi connectivity index (χ0v) is 16.0. The molecule has 1 aromatic carbocycles. The van der Waals surface area contributed by atoms with Gasteiger partial charge in [0.15, 0.2) is 0 Å². The summed E-state index contributed by atoms with van der Waals surface area (Å²) in [7, 11) is 0. The van der Waals surface area contributed by atoms with E-state index in [-0.39, 0.29) is 5.56 Å². The highest BCUT2D eigenvalue weighted by atomic mass is 16.1. The minimum Gasteiger partial charge on any atom is -0.310 e. The zero-order chi connectivity index (χ0) is 18.1. The Labute approximate surface area is 155 Å². The number of nitrogens with zero attached hydrogens (tertiary/aromatic N) is 2. The molecule has 1 aliphatic heterocycles. The van der Waals surface area contributed by atoms with E-state index >= 15 is 0 Å². The Hall–Kier alpha value is -1.94. The maximum atomic E-state index is 12.7. The van der Waals surface area contributed by atoms with Crippen LogP contribution in [0.5, 0.6) is 0 Å². The monoisotopic (exact) mass is 351 g/mol. The first-order chi connectivity index (χ1) is 12.6. The van der Waals surface area contributed by atoms with Gasteiger partial charge in [0.25, 0.3) is 5.56 Å².